The number of hydrogen-bond acceptors (Lipinski definition) is 2. The zero-order valence-corrected chi connectivity index (χ0v) is 12.6. The van der Waals surface area contributed by atoms with Gasteiger partial charge in [-0.3, -0.25) is 0 Å². The van der Waals surface area contributed by atoms with Crippen LogP contribution in [-0.2, 0) is 13.0 Å². The number of aryl methyl sites for hydroxylation is 1. The van der Waals surface area contributed by atoms with E-state index in [9.17, 15) is 4.39 Å². The average molecular weight is 287 g/mol. The van der Waals surface area contributed by atoms with Crippen molar-refractivity contribution in [3.63, 3.8) is 0 Å². The SMILES string of the molecule is CCC(N)Cc1cc(C)ccc1OCc1ccc(F)cc1. The van der Waals surface area contributed by atoms with E-state index in [0.717, 1.165) is 29.7 Å². The molecule has 0 aliphatic heterocycles. The highest BCUT2D eigenvalue weighted by Gasteiger charge is 2.09. The molecule has 0 aliphatic carbocycles. The van der Waals surface area contributed by atoms with Crippen molar-refractivity contribution in [3.05, 3.63) is 65.0 Å². The van der Waals surface area contributed by atoms with Gasteiger partial charge in [0.05, 0.1) is 0 Å². The fourth-order valence-electron chi connectivity index (χ4n) is 2.18. The molecule has 0 saturated carbocycles. The van der Waals surface area contributed by atoms with Gasteiger partial charge in [-0.1, -0.05) is 36.8 Å². The fraction of sp³-hybridized carbons (Fsp3) is 0.333. The molecule has 0 heterocycles. The van der Waals surface area contributed by atoms with Crippen molar-refractivity contribution in [2.75, 3.05) is 0 Å². The summed E-state index contributed by atoms with van der Waals surface area (Å²) < 4.78 is 18.8. The number of halogens is 1. The van der Waals surface area contributed by atoms with Gasteiger partial charge >= 0.3 is 0 Å². The van der Waals surface area contributed by atoms with E-state index in [1.807, 2.05) is 12.1 Å². The van der Waals surface area contributed by atoms with Crippen LogP contribution in [0.3, 0.4) is 0 Å². The Balaban J connectivity index is 2.09. The largest absolute Gasteiger partial charge is 0.489 e. The highest BCUT2D eigenvalue weighted by Crippen LogP contribution is 2.23. The predicted molar refractivity (Wildman–Crippen MR) is 83.9 cm³/mol. The molecule has 2 rings (SSSR count). The van der Waals surface area contributed by atoms with Gasteiger partial charge in [0.25, 0.3) is 0 Å². The molecule has 2 aromatic carbocycles. The van der Waals surface area contributed by atoms with Gasteiger partial charge in [0.2, 0.25) is 0 Å². The second kappa shape index (κ2) is 7.23. The van der Waals surface area contributed by atoms with E-state index in [2.05, 4.69) is 19.9 Å². The standard InChI is InChI=1S/C18H22FNO/c1-3-17(20)11-15-10-13(2)4-9-18(15)21-12-14-5-7-16(19)8-6-14/h4-10,17H,3,11-12,20H2,1-2H3. The minimum Gasteiger partial charge on any atom is -0.489 e. The van der Waals surface area contributed by atoms with Gasteiger partial charge in [0, 0.05) is 6.04 Å². The van der Waals surface area contributed by atoms with Gasteiger partial charge in [-0.15, -0.1) is 0 Å². The van der Waals surface area contributed by atoms with Crippen molar-refractivity contribution in [1.29, 1.82) is 0 Å². The molecular formula is C18H22FNO. The molecule has 0 amide bonds. The lowest BCUT2D eigenvalue weighted by Gasteiger charge is -2.15. The molecule has 3 heteroatoms. The Kier molecular flexibility index (Phi) is 5.34. The topological polar surface area (TPSA) is 35.2 Å². The predicted octanol–water partition coefficient (Wildman–Crippen LogP) is 3.99. The van der Waals surface area contributed by atoms with E-state index < -0.39 is 0 Å². The van der Waals surface area contributed by atoms with Crippen LogP contribution in [0.25, 0.3) is 0 Å². The Morgan fingerprint density at radius 2 is 1.86 bits per heavy atom. The van der Waals surface area contributed by atoms with Crippen molar-refractivity contribution in [2.45, 2.75) is 39.3 Å². The Labute approximate surface area is 125 Å². The van der Waals surface area contributed by atoms with E-state index in [4.69, 9.17) is 10.5 Å². The molecule has 2 aromatic rings. The molecule has 112 valence electrons. The normalized spacial score (nSPS) is 12.2. The first-order valence-electron chi connectivity index (χ1n) is 7.31. The number of hydrogen-bond donors (Lipinski definition) is 1. The zero-order chi connectivity index (χ0) is 15.2. The van der Waals surface area contributed by atoms with Gasteiger partial charge in [0.1, 0.15) is 18.2 Å². The summed E-state index contributed by atoms with van der Waals surface area (Å²) in [5, 5.41) is 0. The van der Waals surface area contributed by atoms with Crippen LogP contribution in [0.1, 0.15) is 30.0 Å². The van der Waals surface area contributed by atoms with Gasteiger partial charge < -0.3 is 10.5 Å². The van der Waals surface area contributed by atoms with Crippen LogP contribution < -0.4 is 10.5 Å². The Morgan fingerprint density at radius 1 is 1.14 bits per heavy atom. The van der Waals surface area contributed by atoms with Gasteiger partial charge in [-0.05, 0) is 49.1 Å². The molecule has 2 N–H and O–H groups in total. The third kappa shape index (κ3) is 4.57. The summed E-state index contributed by atoms with van der Waals surface area (Å²) in [6.07, 6.45) is 1.74. The Bertz CT molecular complexity index is 580. The molecule has 0 saturated heterocycles. The zero-order valence-electron chi connectivity index (χ0n) is 12.6. The van der Waals surface area contributed by atoms with E-state index in [1.54, 1.807) is 12.1 Å². The molecule has 0 bridgehead atoms. The third-order valence-corrected chi connectivity index (χ3v) is 3.53. The second-order valence-electron chi connectivity index (χ2n) is 5.40. The van der Waals surface area contributed by atoms with Crippen LogP contribution in [-0.4, -0.2) is 6.04 Å². The monoisotopic (exact) mass is 287 g/mol. The summed E-state index contributed by atoms with van der Waals surface area (Å²) in [6.45, 7) is 4.57. The Hall–Kier alpha value is -1.87. The van der Waals surface area contributed by atoms with Crippen molar-refractivity contribution >= 4 is 0 Å². The van der Waals surface area contributed by atoms with E-state index in [1.165, 1.54) is 17.7 Å². The molecule has 0 aliphatic rings. The molecular weight excluding hydrogens is 265 g/mol. The summed E-state index contributed by atoms with van der Waals surface area (Å²) in [7, 11) is 0. The molecule has 2 nitrogen and oxygen atoms in total. The van der Waals surface area contributed by atoms with Crippen molar-refractivity contribution < 1.29 is 9.13 Å². The number of ether oxygens (including phenoxy) is 1. The number of nitrogens with two attached hydrogens (primary N) is 1. The molecule has 0 fully saturated rings. The quantitative estimate of drug-likeness (QED) is 0.871. The van der Waals surface area contributed by atoms with E-state index in [-0.39, 0.29) is 11.9 Å². The van der Waals surface area contributed by atoms with Crippen molar-refractivity contribution in [3.8, 4) is 5.75 Å². The average Bonchev–Trinajstić information content (AvgIpc) is 2.48. The highest BCUT2D eigenvalue weighted by atomic mass is 19.1. The summed E-state index contributed by atoms with van der Waals surface area (Å²) in [6, 6.07) is 12.6. The van der Waals surface area contributed by atoms with Crippen molar-refractivity contribution in [1.82, 2.24) is 0 Å². The fourth-order valence-corrected chi connectivity index (χ4v) is 2.18. The van der Waals surface area contributed by atoms with Crippen molar-refractivity contribution in [2.24, 2.45) is 5.73 Å². The minimum atomic E-state index is -0.233. The summed E-state index contributed by atoms with van der Waals surface area (Å²) in [4.78, 5) is 0. The van der Waals surface area contributed by atoms with Crippen LogP contribution in [0.2, 0.25) is 0 Å². The van der Waals surface area contributed by atoms with E-state index >= 15 is 0 Å². The lowest BCUT2D eigenvalue weighted by atomic mass is 10.0. The molecule has 1 unspecified atom stereocenters. The first-order valence-corrected chi connectivity index (χ1v) is 7.31. The third-order valence-electron chi connectivity index (χ3n) is 3.53. The molecule has 1 atom stereocenters. The van der Waals surface area contributed by atoms with Crippen LogP contribution in [0.15, 0.2) is 42.5 Å². The maximum atomic E-state index is 12.9. The summed E-state index contributed by atoms with van der Waals surface area (Å²) >= 11 is 0. The van der Waals surface area contributed by atoms with Crippen LogP contribution in [0.5, 0.6) is 5.75 Å². The minimum absolute atomic E-state index is 0.139. The molecule has 21 heavy (non-hydrogen) atoms. The smallest absolute Gasteiger partial charge is 0.123 e. The van der Waals surface area contributed by atoms with Gasteiger partial charge in [0.15, 0.2) is 0 Å². The maximum absolute atomic E-state index is 12.9. The molecule has 0 spiro atoms. The van der Waals surface area contributed by atoms with Crippen LogP contribution >= 0.6 is 0 Å². The highest BCUT2D eigenvalue weighted by molar-refractivity contribution is 5.37. The van der Waals surface area contributed by atoms with Gasteiger partial charge in [-0.2, -0.15) is 0 Å². The van der Waals surface area contributed by atoms with Gasteiger partial charge in [-0.25, -0.2) is 4.39 Å². The lowest BCUT2D eigenvalue weighted by Crippen LogP contribution is -2.21. The maximum Gasteiger partial charge on any atom is 0.123 e. The number of benzene rings is 2. The summed E-state index contributed by atoms with van der Waals surface area (Å²) in [5.74, 6) is 0.623. The van der Waals surface area contributed by atoms with Crippen LogP contribution in [0, 0.1) is 12.7 Å². The van der Waals surface area contributed by atoms with Crippen LogP contribution in [0.4, 0.5) is 4.39 Å². The summed E-state index contributed by atoms with van der Waals surface area (Å²) in [5.41, 5.74) is 9.33. The number of rotatable bonds is 6. The first-order chi connectivity index (χ1) is 10.1. The second-order valence-corrected chi connectivity index (χ2v) is 5.40. The first kappa shape index (κ1) is 15.5. The Morgan fingerprint density at radius 3 is 2.52 bits per heavy atom. The van der Waals surface area contributed by atoms with E-state index in [0.29, 0.717) is 6.61 Å². The molecule has 0 aromatic heterocycles. The molecule has 0 radical (unpaired) electrons. The lowest BCUT2D eigenvalue weighted by molar-refractivity contribution is 0.302.